The first-order valence-electron chi connectivity index (χ1n) is 9.53. The second-order valence-corrected chi connectivity index (χ2v) is 7.43. The van der Waals surface area contributed by atoms with Gasteiger partial charge in [-0.15, -0.1) is 11.3 Å². The highest BCUT2D eigenvalue weighted by Gasteiger charge is 2.09. The number of ether oxygens (including phenoxy) is 1. The van der Waals surface area contributed by atoms with E-state index in [-0.39, 0.29) is 12.3 Å². The molecule has 1 amide bonds. The van der Waals surface area contributed by atoms with Gasteiger partial charge in [-0.25, -0.2) is 4.98 Å². The van der Waals surface area contributed by atoms with E-state index in [0.717, 1.165) is 39.3 Å². The van der Waals surface area contributed by atoms with Crippen LogP contribution in [0.15, 0.2) is 72.2 Å². The van der Waals surface area contributed by atoms with Crippen molar-refractivity contribution in [3.63, 3.8) is 0 Å². The number of hydrogen-bond donors (Lipinski definition) is 1. The summed E-state index contributed by atoms with van der Waals surface area (Å²) in [5, 5.41) is 6.86. The van der Waals surface area contributed by atoms with Gasteiger partial charge in [-0.05, 0) is 18.6 Å². The summed E-state index contributed by atoms with van der Waals surface area (Å²) >= 11 is 1.56. The van der Waals surface area contributed by atoms with Crippen molar-refractivity contribution in [2.24, 2.45) is 0 Å². The molecule has 0 radical (unpaired) electrons. The van der Waals surface area contributed by atoms with Crippen molar-refractivity contribution in [3.8, 4) is 16.3 Å². The van der Waals surface area contributed by atoms with Crippen LogP contribution < -0.4 is 10.1 Å². The number of carbonyl (C=O) groups is 1. The number of fused-ring (bicyclic) bond motifs is 1. The number of para-hydroxylation sites is 1. The van der Waals surface area contributed by atoms with Crippen LogP contribution in [0.4, 0.5) is 0 Å². The lowest BCUT2D eigenvalue weighted by Gasteiger charge is -2.09. The molecule has 0 aliphatic heterocycles. The number of amides is 1. The largest absolute Gasteiger partial charge is 0.491 e. The van der Waals surface area contributed by atoms with Gasteiger partial charge in [-0.2, -0.15) is 0 Å². The first-order valence-corrected chi connectivity index (χ1v) is 10.4. The number of aromatic nitrogens is 2. The van der Waals surface area contributed by atoms with E-state index in [1.54, 1.807) is 17.5 Å². The summed E-state index contributed by atoms with van der Waals surface area (Å²) in [5.74, 6) is 0.743. The van der Waals surface area contributed by atoms with Gasteiger partial charge in [0.1, 0.15) is 16.3 Å². The Kier molecular flexibility index (Phi) is 6.12. The smallest absolute Gasteiger partial charge is 0.226 e. The minimum Gasteiger partial charge on any atom is -0.491 e. The molecule has 6 heteroatoms. The van der Waals surface area contributed by atoms with Gasteiger partial charge in [0.05, 0.1) is 18.7 Å². The Hall–Kier alpha value is -3.25. The molecule has 0 fully saturated rings. The van der Waals surface area contributed by atoms with Gasteiger partial charge in [0.15, 0.2) is 0 Å². The molecule has 4 rings (SSSR count). The molecular weight excluding hydrogens is 382 g/mol. The van der Waals surface area contributed by atoms with E-state index in [0.29, 0.717) is 13.2 Å². The lowest BCUT2D eigenvalue weighted by Crippen LogP contribution is -2.27. The van der Waals surface area contributed by atoms with Crippen molar-refractivity contribution >= 4 is 28.1 Å². The third kappa shape index (κ3) is 4.97. The van der Waals surface area contributed by atoms with Gasteiger partial charge in [0.2, 0.25) is 5.91 Å². The maximum atomic E-state index is 12.2. The topological polar surface area (TPSA) is 64.1 Å². The molecule has 2 aromatic carbocycles. The molecule has 5 nitrogen and oxygen atoms in total. The second-order valence-electron chi connectivity index (χ2n) is 6.57. The Morgan fingerprint density at radius 2 is 1.90 bits per heavy atom. The Labute approximate surface area is 173 Å². The lowest BCUT2D eigenvalue weighted by molar-refractivity contribution is -0.120. The zero-order valence-electron chi connectivity index (χ0n) is 15.9. The van der Waals surface area contributed by atoms with Gasteiger partial charge >= 0.3 is 0 Å². The molecule has 0 saturated carbocycles. The number of rotatable bonds is 8. The second kappa shape index (κ2) is 9.30. The zero-order valence-corrected chi connectivity index (χ0v) is 16.7. The SMILES string of the molecule is O=C(Cc1csc(-c2ccccc2)n1)NCCCOc1cccc2cccnc12. The summed E-state index contributed by atoms with van der Waals surface area (Å²) in [5.41, 5.74) is 2.73. The number of nitrogens with zero attached hydrogens (tertiary/aromatic N) is 2. The molecule has 1 N–H and O–H groups in total. The summed E-state index contributed by atoms with van der Waals surface area (Å²) < 4.78 is 5.85. The maximum absolute atomic E-state index is 12.2. The van der Waals surface area contributed by atoms with Gasteiger partial charge in [-0.3, -0.25) is 9.78 Å². The summed E-state index contributed by atoms with van der Waals surface area (Å²) in [6.45, 7) is 1.08. The first-order chi connectivity index (χ1) is 14.3. The quantitative estimate of drug-likeness (QED) is 0.441. The van der Waals surface area contributed by atoms with Gasteiger partial charge in [0, 0.05) is 29.1 Å². The molecule has 0 saturated heterocycles. The predicted octanol–water partition coefficient (Wildman–Crippen LogP) is 4.49. The summed E-state index contributed by atoms with van der Waals surface area (Å²) in [6.07, 6.45) is 2.77. The Morgan fingerprint density at radius 1 is 1.03 bits per heavy atom. The van der Waals surface area contributed by atoms with Crippen LogP contribution in [0.25, 0.3) is 21.5 Å². The third-order valence-electron chi connectivity index (χ3n) is 4.41. The normalized spacial score (nSPS) is 10.8. The zero-order chi connectivity index (χ0) is 19.9. The monoisotopic (exact) mass is 403 g/mol. The third-order valence-corrected chi connectivity index (χ3v) is 5.35. The van der Waals surface area contributed by atoms with Crippen molar-refractivity contribution in [3.05, 3.63) is 77.9 Å². The van der Waals surface area contributed by atoms with Crippen molar-refractivity contribution in [2.75, 3.05) is 13.2 Å². The van der Waals surface area contributed by atoms with Crippen LogP contribution in [0.1, 0.15) is 12.1 Å². The molecule has 0 spiro atoms. The molecule has 0 aliphatic rings. The van der Waals surface area contributed by atoms with Crippen molar-refractivity contribution in [1.82, 2.24) is 15.3 Å². The minimum absolute atomic E-state index is 0.0262. The molecule has 2 heterocycles. The van der Waals surface area contributed by atoms with E-state index in [9.17, 15) is 4.79 Å². The number of nitrogens with one attached hydrogen (secondary N) is 1. The number of benzene rings is 2. The number of carbonyl (C=O) groups excluding carboxylic acids is 1. The average Bonchev–Trinajstić information content (AvgIpc) is 3.22. The van der Waals surface area contributed by atoms with Crippen LogP contribution >= 0.6 is 11.3 Å². The van der Waals surface area contributed by atoms with Crippen LogP contribution in [0, 0.1) is 0 Å². The van der Waals surface area contributed by atoms with Gasteiger partial charge in [0.25, 0.3) is 0 Å². The van der Waals surface area contributed by atoms with E-state index < -0.39 is 0 Å². The van der Waals surface area contributed by atoms with Crippen molar-refractivity contribution < 1.29 is 9.53 Å². The van der Waals surface area contributed by atoms with Crippen LogP contribution in [-0.4, -0.2) is 29.0 Å². The molecule has 0 aliphatic carbocycles. The molecule has 0 atom stereocenters. The fourth-order valence-corrected chi connectivity index (χ4v) is 3.83. The Morgan fingerprint density at radius 3 is 2.79 bits per heavy atom. The molecule has 146 valence electrons. The Balaban J connectivity index is 1.21. The predicted molar refractivity (Wildman–Crippen MR) is 116 cm³/mol. The summed E-state index contributed by atoms with van der Waals surface area (Å²) in [7, 11) is 0. The van der Waals surface area contributed by atoms with E-state index in [4.69, 9.17) is 4.74 Å². The standard InChI is InChI=1S/C23H21N3O2S/c27-21(15-19-16-29-23(26-19)18-7-2-1-3-8-18)24-13-6-14-28-20-11-4-9-17-10-5-12-25-22(17)20/h1-5,7-12,16H,6,13-15H2,(H,24,27). The fraction of sp³-hybridized carbons (Fsp3) is 0.174. The van der Waals surface area contributed by atoms with Crippen LogP contribution in [-0.2, 0) is 11.2 Å². The lowest BCUT2D eigenvalue weighted by atomic mass is 10.2. The highest BCUT2D eigenvalue weighted by molar-refractivity contribution is 7.13. The molecule has 0 unspecified atom stereocenters. The van der Waals surface area contributed by atoms with E-state index in [2.05, 4.69) is 15.3 Å². The van der Waals surface area contributed by atoms with Gasteiger partial charge in [-0.1, -0.05) is 48.5 Å². The maximum Gasteiger partial charge on any atom is 0.226 e. The molecule has 0 bridgehead atoms. The van der Waals surface area contributed by atoms with Crippen LogP contribution in [0.3, 0.4) is 0 Å². The minimum atomic E-state index is -0.0262. The molecular formula is C23H21N3O2S. The summed E-state index contributed by atoms with van der Waals surface area (Å²) in [6, 6.07) is 19.8. The first kappa shape index (κ1) is 19.1. The van der Waals surface area contributed by atoms with Crippen molar-refractivity contribution in [2.45, 2.75) is 12.8 Å². The highest BCUT2D eigenvalue weighted by atomic mass is 32.1. The molecule has 4 aromatic rings. The van der Waals surface area contributed by atoms with Gasteiger partial charge < -0.3 is 10.1 Å². The van der Waals surface area contributed by atoms with Crippen molar-refractivity contribution in [1.29, 1.82) is 0 Å². The molecule has 29 heavy (non-hydrogen) atoms. The number of thiazole rings is 1. The number of hydrogen-bond acceptors (Lipinski definition) is 5. The summed E-state index contributed by atoms with van der Waals surface area (Å²) in [4.78, 5) is 21.1. The van der Waals surface area contributed by atoms with E-state index >= 15 is 0 Å². The number of pyridine rings is 1. The highest BCUT2D eigenvalue weighted by Crippen LogP contribution is 2.24. The van der Waals surface area contributed by atoms with Crippen LogP contribution in [0.5, 0.6) is 5.75 Å². The molecule has 2 aromatic heterocycles. The van der Waals surface area contributed by atoms with E-state index in [1.165, 1.54) is 0 Å². The fourth-order valence-electron chi connectivity index (χ4n) is 3.00. The van der Waals surface area contributed by atoms with Crippen LogP contribution in [0.2, 0.25) is 0 Å². The average molecular weight is 404 g/mol. The van der Waals surface area contributed by atoms with E-state index in [1.807, 2.05) is 66.0 Å². The Bertz CT molecular complexity index is 1090.